The summed E-state index contributed by atoms with van der Waals surface area (Å²) in [6.07, 6.45) is 2.33. The minimum Gasteiger partial charge on any atom is -0.469 e. The third-order valence-electron chi connectivity index (χ3n) is 6.08. The fraction of sp³-hybridized carbons (Fsp3) is 0.600. The number of esters is 1. The Kier molecular flexibility index (Phi) is 5.01. The van der Waals surface area contributed by atoms with Crippen LogP contribution in [0, 0.1) is 11.8 Å². The zero-order valence-electron chi connectivity index (χ0n) is 16.2. The van der Waals surface area contributed by atoms with E-state index in [2.05, 4.69) is 0 Å². The van der Waals surface area contributed by atoms with E-state index in [1.165, 1.54) is 7.11 Å². The summed E-state index contributed by atoms with van der Waals surface area (Å²) in [6, 6.07) is 7.35. The summed E-state index contributed by atoms with van der Waals surface area (Å²) >= 11 is 0. The maximum atomic E-state index is 12.8. The van der Waals surface area contributed by atoms with Gasteiger partial charge in [-0.05, 0) is 46.0 Å². The van der Waals surface area contributed by atoms with Crippen LogP contribution in [0.4, 0.5) is 0 Å². The van der Waals surface area contributed by atoms with Gasteiger partial charge >= 0.3 is 13.1 Å². The van der Waals surface area contributed by atoms with Crippen molar-refractivity contribution in [3.05, 3.63) is 29.8 Å². The summed E-state index contributed by atoms with van der Waals surface area (Å²) in [5, 5.41) is 0. The van der Waals surface area contributed by atoms with Gasteiger partial charge in [0.05, 0.1) is 24.2 Å². The SMILES string of the molecule is COC(=O)C1CCCC1C(=O)c1ccc(B2OC(C)(C)C(C)(C)O2)cc1. The molecular weight excluding hydrogens is 331 g/mol. The first-order chi connectivity index (χ1) is 12.2. The van der Waals surface area contributed by atoms with Gasteiger partial charge < -0.3 is 14.0 Å². The standard InChI is InChI=1S/C20H27BO5/c1-19(2)20(3,4)26-21(25-19)14-11-9-13(10-12-14)17(22)15-7-6-8-16(15)18(23)24-5/h9-12,15-16H,6-8H2,1-5H3. The van der Waals surface area contributed by atoms with Gasteiger partial charge in [-0.2, -0.15) is 0 Å². The molecular formula is C20H27BO5. The Morgan fingerprint density at radius 1 is 1.00 bits per heavy atom. The summed E-state index contributed by atoms with van der Waals surface area (Å²) in [5.41, 5.74) is 0.704. The maximum absolute atomic E-state index is 12.8. The van der Waals surface area contributed by atoms with E-state index in [-0.39, 0.29) is 23.6 Å². The quantitative estimate of drug-likeness (QED) is 0.471. The van der Waals surface area contributed by atoms with E-state index in [0.717, 1.165) is 24.7 Å². The molecule has 140 valence electrons. The lowest BCUT2D eigenvalue weighted by molar-refractivity contribution is -0.146. The Balaban J connectivity index is 1.74. The van der Waals surface area contributed by atoms with E-state index in [0.29, 0.717) is 5.56 Å². The maximum Gasteiger partial charge on any atom is 0.494 e. The van der Waals surface area contributed by atoms with E-state index in [1.54, 1.807) is 12.1 Å². The van der Waals surface area contributed by atoms with Crippen LogP contribution in [0.3, 0.4) is 0 Å². The Morgan fingerprint density at radius 2 is 1.54 bits per heavy atom. The molecule has 0 aromatic heterocycles. The van der Waals surface area contributed by atoms with Gasteiger partial charge in [0.1, 0.15) is 0 Å². The second kappa shape index (κ2) is 6.82. The molecule has 1 aliphatic heterocycles. The van der Waals surface area contributed by atoms with E-state index in [4.69, 9.17) is 14.0 Å². The number of methoxy groups -OCH3 is 1. The molecule has 3 rings (SSSR count). The molecule has 2 aliphatic rings. The third kappa shape index (κ3) is 3.32. The van der Waals surface area contributed by atoms with Crippen LogP contribution >= 0.6 is 0 Å². The molecule has 2 atom stereocenters. The average molecular weight is 358 g/mol. The number of carbonyl (C=O) groups excluding carboxylic acids is 2. The van der Waals surface area contributed by atoms with Crippen LogP contribution in [0.5, 0.6) is 0 Å². The first-order valence-corrected chi connectivity index (χ1v) is 9.24. The first kappa shape index (κ1) is 19.1. The molecule has 1 aliphatic carbocycles. The van der Waals surface area contributed by atoms with E-state index in [9.17, 15) is 9.59 Å². The smallest absolute Gasteiger partial charge is 0.469 e. The van der Waals surface area contributed by atoms with Crippen LogP contribution in [0.15, 0.2) is 24.3 Å². The Morgan fingerprint density at radius 3 is 2.08 bits per heavy atom. The summed E-state index contributed by atoms with van der Waals surface area (Å²) in [6.45, 7) is 8.05. The van der Waals surface area contributed by atoms with Gasteiger partial charge in [0.15, 0.2) is 5.78 Å². The first-order valence-electron chi connectivity index (χ1n) is 9.24. The summed E-state index contributed by atoms with van der Waals surface area (Å²) in [5.74, 6) is -0.881. The molecule has 0 radical (unpaired) electrons. The molecule has 1 aromatic rings. The highest BCUT2D eigenvalue weighted by atomic mass is 16.7. The minimum atomic E-state index is -0.446. The molecule has 0 amide bonds. The van der Waals surface area contributed by atoms with Crippen LogP contribution in [-0.4, -0.2) is 37.2 Å². The number of carbonyl (C=O) groups is 2. The second-order valence-corrected chi connectivity index (χ2v) is 8.24. The minimum absolute atomic E-state index is 0.0124. The molecule has 2 fully saturated rings. The number of ketones is 1. The molecule has 6 heteroatoms. The normalized spacial score (nSPS) is 26.7. The molecule has 1 aromatic carbocycles. The number of rotatable bonds is 4. The van der Waals surface area contributed by atoms with Crippen LogP contribution in [-0.2, 0) is 18.8 Å². The largest absolute Gasteiger partial charge is 0.494 e. The topological polar surface area (TPSA) is 61.8 Å². The molecule has 1 saturated carbocycles. The number of benzene rings is 1. The van der Waals surface area contributed by atoms with Crippen molar-refractivity contribution >= 4 is 24.3 Å². The van der Waals surface area contributed by atoms with Gasteiger partial charge in [-0.1, -0.05) is 30.7 Å². The summed E-state index contributed by atoms with van der Waals surface area (Å²) in [4.78, 5) is 24.7. The van der Waals surface area contributed by atoms with Crippen molar-refractivity contribution in [2.75, 3.05) is 7.11 Å². The fourth-order valence-electron chi connectivity index (χ4n) is 3.71. The molecule has 0 spiro atoms. The Labute approximate surface area is 155 Å². The highest BCUT2D eigenvalue weighted by Crippen LogP contribution is 2.37. The zero-order chi connectivity index (χ0) is 19.1. The van der Waals surface area contributed by atoms with Crippen LogP contribution in [0.1, 0.15) is 57.3 Å². The predicted molar refractivity (Wildman–Crippen MR) is 99.3 cm³/mol. The van der Waals surface area contributed by atoms with Crippen LogP contribution < -0.4 is 5.46 Å². The molecule has 26 heavy (non-hydrogen) atoms. The number of Topliss-reactive ketones (excluding diaryl/α,β-unsaturated/α-hetero) is 1. The van der Waals surface area contributed by atoms with Crippen molar-refractivity contribution < 1.29 is 23.6 Å². The highest BCUT2D eigenvalue weighted by Gasteiger charge is 2.51. The Bertz CT molecular complexity index is 679. The fourth-order valence-corrected chi connectivity index (χ4v) is 3.71. The van der Waals surface area contributed by atoms with E-state index >= 15 is 0 Å². The van der Waals surface area contributed by atoms with Gasteiger partial charge in [-0.3, -0.25) is 9.59 Å². The molecule has 2 unspecified atom stereocenters. The predicted octanol–water partition coefficient (Wildman–Crippen LogP) is 2.76. The molecule has 0 N–H and O–H groups in total. The van der Waals surface area contributed by atoms with Gasteiger partial charge in [-0.15, -0.1) is 0 Å². The number of ether oxygens (including phenoxy) is 1. The van der Waals surface area contributed by atoms with Gasteiger partial charge in [0, 0.05) is 11.5 Å². The molecule has 1 saturated heterocycles. The molecule has 5 nitrogen and oxygen atoms in total. The highest BCUT2D eigenvalue weighted by molar-refractivity contribution is 6.62. The van der Waals surface area contributed by atoms with Crippen LogP contribution in [0.2, 0.25) is 0 Å². The second-order valence-electron chi connectivity index (χ2n) is 8.24. The molecule has 0 bridgehead atoms. The van der Waals surface area contributed by atoms with Crippen molar-refractivity contribution in [1.29, 1.82) is 0 Å². The number of hydrogen-bond acceptors (Lipinski definition) is 5. The van der Waals surface area contributed by atoms with Gasteiger partial charge in [-0.25, -0.2) is 0 Å². The van der Waals surface area contributed by atoms with Crippen molar-refractivity contribution in [3.8, 4) is 0 Å². The third-order valence-corrected chi connectivity index (χ3v) is 6.08. The van der Waals surface area contributed by atoms with Crippen LogP contribution in [0.25, 0.3) is 0 Å². The zero-order valence-corrected chi connectivity index (χ0v) is 16.2. The lowest BCUT2D eigenvalue weighted by atomic mass is 9.78. The summed E-state index contributed by atoms with van der Waals surface area (Å²) in [7, 11) is 0.931. The number of hydrogen-bond donors (Lipinski definition) is 0. The lowest BCUT2D eigenvalue weighted by Gasteiger charge is -2.32. The Hall–Kier alpha value is -1.66. The van der Waals surface area contributed by atoms with Crippen molar-refractivity contribution in [2.24, 2.45) is 11.8 Å². The molecule has 1 heterocycles. The average Bonchev–Trinajstić information content (AvgIpc) is 3.16. The van der Waals surface area contributed by atoms with Crippen molar-refractivity contribution in [2.45, 2.75) is 58.2 Å². The van der Waals surface area contributed by atoms with E-state index in [1.807, 2.05) is 39.8 Å². The van der Waals surface area contributed by atoms with E-state index < -0.39 is 18.3 Å². The van der Waals surface area contributed by atoms with Gasteiger partial charge in [0.25, 0.3) is 0 Å². The van der Waals surface area contributed by atoms with Gasteiger partial charge in [0.2, 0.25) is 0 Å². The summed E-state index contributed by atoms with van der Waals surface area (Å²) < 4.78 is 16.9. The van der Waals surface area contributed by atoms with Crippen molar-refractivity contribution in [3.63, 3.8) is 0 Å². The lowest BCUT2D eigenvalue weighted by Crippen LogP contribution is -2.41. The van der Waals surface area contributed by atoms with Crippen molar-refractivity contribution in [1.82, 2.24) is 0 Å². The monoisotopic (exact) mass is 358 g/mol.